The summed E-state index contributed by atoms with van der Waals surface area (Å²) in [7, 11) is 0. The van der Waals surface area contributed by atoms with Crippen LogP contribution in [0.15, 0.2) is 0 Å². The molecule has 0 bridgehead atoms. The molecule has 0 saturated heterocycles. The van der Waals surface area contributed by atoms with Crippen LogP contribution in [0.2, 0.25) is 0 Å². The van der Waals surface area contributed by atoms with Crippen molar-refractivity contribution in [1.82, 2.24) is 5.32 Å². The normalized spacial score (nSPS) is 29.3. The molecule has 0 atom stereocenters. The minimum absolute atomic E-state index is 0.193. The number of amides is 1. The molecule has 1 amide bonds. The molecule has 0 aromatic heterocycles. The van der Waals surface area contributed by atoms with Crippen molar-refractivity contribution in [2.24, 2.45) is 28.4 Å². The quantitative estimate of drug-likeness (QED) is 0.834. The summed E-state index contributed by atoms with van der Waals surface area (Å²) >= 11 is 0. The Morgan fingerprint density at radius 3 is 2.19 bits per heavy atom. The largest absolute Gasteiger partial charge is 0.355 e. The van der Waals surface area contributed by atoms with Crippen LogP contribution in [0.5, 0.6) is 0 Å². The van der Waals surface area contributed by atoms with Crippen LogP contribution in [0.3, 0.4) is 0 Å². The highest BCUT2D eigenvalue weighted by Crippen LogP contribution is 2.40. The summed E-state index contributed by atoms with van der Waals surface area (Å²) in [5, 5.41) is 3.22. The summed E-state index contributed by atoms with van der Waals surface area (Å²) in [4.78, 5) is 12.4. The summed E-state index contributed by atoms with van der Waals surface area (Å²) in [5.41, 5.74) is 6.52. The Kier molecular flexibility index (Phi) is 5.34. The molecule has 3 heteroatoms. The molecule has 2 rings (SSSR count). The van der Waals surface area contributed by atoms with E-state index < -0.39 is 0 Å². The molecule has 2 aliphatic carbocycles. The van der Waals surface area contributed by atoms with Gasteiger partial charge >= 0.3 is 0 Å². The molecule has 2 aliphatic rings. The first-order valence-corrected chi connectivity index (χ1v) is 8.84. The van der Waals surface area contributed by atoms with Gasteiger partial charge in [-0.15, -0.1) is 0 Å². The van der Waals surface area contributed by atoms with E-state index in [1.807, 2.05) is 0 Å². The number of nitrogens with two attached hydrogens (primary N) is 1. The lowest BCUT2D eigenvalue weighted by Gasteiger charge is -2.37. The molecule has 0 aromatic rings. The van der Waals surface area contributed by atoms with E-state index in [1.54, 1.807) is 0 Å². The second-order valence-electron chi connectivity index (χ2n) is 8.54. The van der Waals surface area contributed by atoms with Crippen molar-refractivity contribution in [3.63, 3.8) is 0 Å². The standard InChI is InChI=1S/C18H34N2O/c1-17(2,3)15-8-6-14(7-9-15)16(21)20-13-18(12-19)10-4-5-11-18/h14-15H,4-13,19H2,1-3H3,(H,20,21). The number of carbonyl (C=O) groups excluding carboxylic acids is 1. The van der Waals surface area contributed by atoms with Crippen LogP contribution >= 0.6 is 0 Å². The van der Waals surface area contributed by atoms with Crippen molar-refractivity contribution in [3.05, 3.63) is 0 Å². The fourth-order valence-electron chi connectivity index (χ4n) is 4.22. The van der Waals surface area contributed by atoms with Crippen LogP contribution in [0.4, 0.5) is 0 Å². The van der Waals surface area contributed by atoms with Crippen LogP contribution < -0.4 is 11.1 Å². The molecule has 0 heterocycles. The highest BCUT2D eigenvalue weighted by molar-refractivity contribution is 5.78. The first-order valence-electron chi connectivity index (χ1n) is 8.84. The lowest BCUT2D eigenvalue weighted by Crippen LogP contribution is -2.43. The van der Waals surface area contributed by atoms with Crippen molar-refractivity contribution in [2.75, 3.05) is 13.1 Å². The third-order valence-electron chi connectivity index (χ3n) is 6.06. The van der Waals surface area contributed by atoms with Crippen LogP contribution in [-0.4, -0.2) is 19.0 Å². The van der Waals surface area contributed by atoms with Crippen LogP contribution in [-0.2, 0) is 4.79 Å². The summed E-state index contributed by atoms with van der Waals surface area (Å²) in [6, 6.07) is 0. The molecule has 0 spiro atoms. The minimum Gasteiger partial charge on any atom is -0.355 e. The van der Waals surface area contributed by atoms with Gasteiger partial charge < -0.3 is 11.1 Å². The zero-order chi connectivity index (χ0) is 15.5. The van der Waals surface area contributed by atoms with E-state index in [4.69, 9.17) is 5.73 Å². The van der Waals surface area contributed by atoms with Gasteiger partial charge in [-0.2, -0.15) is 0 Å². The molecule has 3 N–H and O–H groups in total. The van der Waals surface area contributed by atoms with Gasteiger partial charge in [-0.25, -0.2) is 0 Å². The number of hydrogen-bond donors (Lipinski definition) is 2. The second kappa shape index (κ2) is 6.68. The zero-order valence-corrected chi connectivity index (χ0v) is 14.2. The first kappa shape index (κ1) is 16.8. The van der Waals surface area contributed by atoms with Gasteiger partial charge in [0.1, 0.15) is 0 Å². The lowest BCUT2D eigenvalue weighted by atomic mass is 9.69. The Morgan fingerprint density at radius 2 is 1.71 bits per heavy atom. The summed E-state index contributed by atoms with van der Waals surface area (Å²) in [5.74, 6) is 1.29. The molecule has 2 saturated carbocycles. The average molecular weight is 294 g/mol. The van der Waals surface area contributed by atoms with Crippen LogP contribution in [0.1, 0.15) is 72.1 Å². The van der Waals surface area contributed by atoms with Gasteiger partial charge in [-0.05, 0) is 61.8 Å². The Bertz CT molecular complexity index is 345. The molecule has 0 radical (unpaired) electrons. The smallest absolute Gasteiger partial charge is 0.223 e. The third kappa shape index (κ3) is 4.21. The SMILES string of the molecule is CC(C)(C)C1CCC(C(=O)NCC2(CN)CCCC2)CC1. The molecule has 0 aliphatic heterocycles. The van der Waals surface area contributed by atoms with E-state index in [2.05, 4.69) is 26.1 Å². The zero-order valence-electron chi connectivity index (χ0n) is 14.2. The van der Waals surface area contributed by atoms with E-state index in [1.165, 1.54) is 38.5 Å². The molecule has 21 heavy (non-hydrogen) atoms. The van der Waals surface area contributed by atoms with Crippen LogP contribution in [0.25, 0.3) is 0 Å². The monoisotopic (exact) mass is 294 g/mol. The highest BCUT2D eigenvalue weighted by atomic mass is 16.1. The summed E-state index contributed by atoms with van der Waals surface area (Å²) < 4.78 is 0. The summed E-state index contributed by atoms with van der Waals surface area (Å²) in [6.45, 7) is 8.47. The first-order chi connectivity index (χ1) is 9.86. The van der Waals surface area contributed by atoms with E-state index in [-0.39, 0.29) is 17.2 Å². The van der Waals surface area contributed by atoms with Gasteiger partial charge in [0.25, 0.3) is 0 Å². The third-order valence-corrected chi connectivity index (χ3v) is 6.06. The van der Waals surface area contributed by atoms with E-state index in [9.17, 15) is 4.79 Å². The second-order valence-corrected chi connectivity index (χ2v) is 8.54. The van der Waals surface area contributed by atoms with Crippen molar-refractivity contribution >= 4 is 5.91 Å². The van der Waals surface area contributed by atoms with Crippen molar-refractivity contribution in [3.8, 4) is 0 Å². The predicted molar refractivity (Wildman–Crippen MR) is 87.9 cm³/mol. The Balaban J connectivity index is 1.77. The van der Waals surface area contributed by atoms with Gasteiger partial charge in [-0.1, -0.05) is 33.6 Å². The van der Waals surface area contributed by atoms with Gasteiger partial charge in [0.05, 0.1) is 0 Å². The topological polar surface area (TPSA) is 55.1 Å². The Hall–Kier alpha value is -0.570. The molecule has 3 nitrogen and oxygen atoms in total. The number of hydrogen-bond acceptors (Lipinski definition) is 2. The number of nitrogens with one attached hydrogen (secondary N) is 1. The predicted octanol–water partition coefficient (Wildman–Crippen LogP) is 3.47. The molecular weight excluding hydrogens is 260 g/mol. The molecule has 2 fully saturated rings. The van der Waals surface area contributed by atoms with Gasteiger partial charge in [-0.3, -0.25) is 4.79 Å². The average Bonchev–Trinajstić information content (AvgIpc) is 2.93. The molecule has 0 aromatic carbocycles. The molecule has 0 unspecified atom stereocenters. The minimum atomic E-state index is 0.193. The van der Waals surface area contributed by atoms with E-state index >= 15 is 0 Å². The highest BCUT2D eigenvalue weighted by Gasteiger charge is 2.35. The van der Waals surface area contributed by atoms with Gasteiger partial charge in [0, 0.05) is 12.5 Å². The maximum absolute atomic E-state index is 12.4. The number of rotatable bonds is 4. The van der Waals surface area contributed by atoms with Gasteiger partial charge in [0.15, 0.2) is 0 Å². The fraction of sp³-hybridized carbons (Fsp3) is 0.944. The van der Waals surface area contributed by atoms with Crippen molar-refractivity contribution in [2.45, 2.75) is 72.1 Å². The molecular formula is C18H34N2O. The Morgan fingerprint density at radius 1 is 1.14 bits per heavy atom. The van der Waals surface area contributed by atoms with Crippen molar-refractivity contribution in [1.29, 1.82) is 0 Å². The maximum atomic E-state index is 12.4. The fourth-order valence-corrected chi connectivity index (χ4v) is 4.22. The van der Waals surface area contributed by atoms with E-state index in [0.29, 0.717) is 12.0 Å². The van der Waals surface area contributed by atoms with Gasteiger partial charge in [0.2, 0.25) is 5.91 Å². The van der Waals surface area contributed by atoms with Crippen molar-refractivity contribution < 1.29 is 4.79 Å². The van der Waals surface area contributed by atoms with Crippen LogP contribution in [0, 0.1) is 22.7 Å². The van der Waals surface area contributed by atoms with E-state index in [0.717, 1.165) is 25.3 Å². The number of carbonyl (C=O) groups is 1. The lowest BCUT2D eigenvalue weighted by molar-refractivity contribution is -0.127. The summed E-state index contributed by atoms with van der Waals surface area (Å²) in [6.07, 6.45) is 9.41. The Labute approximate surface area is 130 Å². The maximum Gasteiger partial charge on any atom is 0.223 e. The molecule has 122 valence electrons.